The monoisotopic (exact) mass is 407 g/mol. The summed E-state index contributed by atoms with van der Waals surface area (Å²) in [5.41, 5.74) is 1.28. The van der Waals surface area contributed by atoms with E-state index in [0.29, 0.717) is 23.5 Å². The van der Waals surface area contributed by atoms with Crippen LogP contribution in [0.3, 0.4) is 0 Å². The number of hydrogen-bond acceptors (Lipinski definition) is 5. The molecule has 0 saturated carbocycles. The number of thiophene rings is 1. The van der Waals surface area contributed by atoms with E-state index in [2.05, 4.69) is 20.8 Å². The molecule has 2 unspecified atom stereocenters. The van der Waals surface area contributed by atoms with Gasteiger partial charge >= 0.3 is 0 Å². The summed E-state index contributed by atoms with van der Waals surface area (Å²) in [5, 5.41) is 1.20. The Balaban J connectivity index is 2.12. The zero-order valence-electron chi connectivity index (χ0n) is 17.0. The first kappa shape index (κ1) is 20.4. The Morgan fingerprint density at radius 1 is 1.37 bits per heavy atom. The molecule has 2 aromatic rings. The first-order valence-electron chi connectivity index (χ1n) is 9.61. The molecular weight excluding hydrogens is 378 g/mol. The number of aryl methyl sites for hydroxylation is 1. The minimum atomic E-state index is -0.280. The van der Waals surface area contributed by atoms with Gasteiger partial charge in [-0.3, -0.25) is 14.2 Å². The molecule has 148 valence electrons. The van der Waals surface area contributed by atoms with E-state index in [-0.39, 0.29) is 16.7 Å². The summed E-state index contributed by atoms with van der Waals surface area (Å²) in [6.07, 6.45) is 3.14. The van der Waals surface area contributed by atoms with E-state index in [4.69, 9.17) is 4.98 Å². The number of amides is 1. The van der Waals surface area contributed by atoms with Gasteiger partial charge in [-0.25, -0.2) is 4.98 Å². The molecule has 0 radical (unpaired) electrons. The van der Waals surface area contributed by atoms with Crippen LogP contribution in [0.15, 0.2) is 9.95 Å². The summed E-state index contributed by atoms with van der Waals surface area (Å²) >= 11 is 3.06. The van der Waals surface area contributed by atoms with Crippen molar-refractivity contribution in [3.05, 3.63) is 20.8 Å². The molecule has 0 N–H and O–H groups in total. The molecule has 0 fully saturated rings. The number of aromatic nitrogens is 2. The maximum atomic E-state index is 13.4. The smallest absolute Gasteiger partial charge is 0.263 e. The lowest BCUT2D eigenvalue weighted by molar-refractivity contribution is -0.127. The summed E-state index contributed by atoms with van der Waals surface area (Å²) in [7, 11) is 3.51. The molecule has 0 saturated heterocycles. The zero-order chi connectivity index (χ0) is 19.9. The van der Waals surface area contributed by atoms with Crippen molar-refractivity contribution in [3.8, 4) is 0 Å². The Labute approximate surface area is 169 Å². The molecule has 0 aromatic carbocycles. The average molecular weight is 408 g/mol. The molecule has 1 aliphatic carbocycles. The van der Waals surface area contributed by atoms with Gasteiger partial charge < -0.3 is 4.90 Å². The largest absolute Gasteiger partial charge is 0.348 e. The Morgan fingerprint density at radius 2 is 2.07 bits per heavy atom. The van der Waals surface area contributed by atoms with Crippen LogP contribution in [0, 0.1) is 11.8 Å². The Hall–Kier alpha value is -1.34. The van der Waals surface area contributed by atoms with Crippen LogP contribution >= 0.6 is 23.1 Å². The highest BCUT2D eigenvalue weighted by Gasteiger charge is 2.26. The molecule has 0 aliphatic heterocycles. The second kappa shape index (κ2) is 7.95. The third kappa shape index (κ3) is 4.09. The highest BCUT2D eigenvalue weighted by molar-refractivity contribution is 8.00. The summed E-state index contributed by atoms with van der Waals surface area (Å²) in [4.78, 5) is 34.3. The third-order valence-corrected chi connectivity index (χ3v) is 7.22. The topological polar surface area (TPSA) is 55.2 Å². The third-order valence-electron chi connectivity index (χ3n) is 5.00. The number of carbonyl (C=O) groups is 1. The molecule has 1 amide bonds. The Morgan fingerprint density at radius 3 is 2.70 bits per heavy atom. The van der Waals surface area contributed by atoms with Crippen LogP contribution in [0.4, 0.5) is 0 Å². The Bertz CT molecular complexity index is 914. The molecule has 1 aliphatic rings. The van der Waals surface area contributed by atoms with Crippen molar-refractivity contribution in [2.45, 2.75) is 63.9 Å². The molecule has 2 heterocycles. The molecule has 0 spiro atoms. The van der Waals surface area contributed by atoms with E-state index in [0.717, 1.165) is 29.5 Å². The number of thioether (sulfide) groups is 1. The lowest BCUT2D eigenvalue weighted by Gasteiger charge is -2.19. The van der Waals surface area contributed by atoms with Gasteiger partial charge in [-0.15, -0.1) is 11.3 Å². The van der Waals surface area contributed by atoms with E-state index in [9.17, 15) is 9.59 Å². The minimum absolute atomic E-state index is 0.0322. The lowest BCUT2D eigenvalue weighted by Crippen LogP contribution is -2.31. The number of hydrogen-bond donors (Lipinski definition) is 0. The molecule has 27 heavy (non-hydrogen) atoms. The SMILES string of the molecule is CC(C)Cn1c(SC(C)C(=O)N(C)C)nc2sc3c(c2c1=O)CCC(C)C3. The van der Waals surface area contributed by atoms with Crippen molar-refractivity contribution < 1.29 is 4.79 Å². The number of fused-ring (bicyclic) bond motifs is 3. The van der Waals surface area contributed by atoms with E-state index in [1.54, 1.807) is 34.9 Å². The van der Waals surface area contributed by atoms with Crippen molar-refractivity contribution >= 4 is 39.2 Å². The molecule has 3 rings (SSSR count). The maximum Gasteiger partial charge on any atom is 0.263 e. The lowest BCUT2D eigenvalue weighted by atomic mass is 9.89. The summed E-state index contributed by atoms with van der Waals surface area (Å²) < 4.78 is 1.79. The van der Waals surface area contributed by atoms with Crippen LogP contribution in [0.1, 0.15) is 44.6 Å². The van der Waals surface area contributed by atoms with Crippen molar-refractivity contribution in [1.29, 1.82) is 0 Å². The fraction of sp³-hybridized carbons (Fsp3) is 0.650. The van der Waals surface area contributed by atoms with Gasteiger partial charge in [-0.1, -0.05) is 32.5 Å². The van der Waals surface area contributed by atoms with Gasteiger partial charge in [0.15, 0.2) is 5.16 Å². The van der Waals surface area contributed by atoms with Crippen LogP contribution in [-0.2, 0) is 24.2 Å². The second-order valence-electron chi connectivity index (χ2n) is 8.23. The molecule has 5 nitrogen and oxygen atoms in total. The molecule has 2 aromatic heterocycles. The minimum Gasteiger partial charge on any atom is -0.348 e. The Kier molecular flexibility index (Phi) is 6.01. The fourth-order valence-electron chi connectivity index (χ4n) is 3.59. The van der Waals surface area contributed by atoms with Crippen LogP contribution in [0.2, 0.25) is 0 Å². The first-order chi connectivity index (χ1) is 12.7. The van der Waals surface area contributed by atoms with Gasteiger partial charge in [0, 0.05) is 25.5 Å². The number of rotatable bonds is 5. The van der Waals surface area contributed by atoms with Crippen molar-refractivity contribution in [2.75, 3.05) is 14.1 Å². The van der Waals surface area contributed by atoms with Crippen molar-refractivity contribution in [2.24, 2.45) is 11.8 Å². The predicted octanol–water partition coefficient (Wildman–Crippen LogP) is 3.81. The summed E-state index contributed by atoms with van der Waals surface area (Å²) in [6, 6.07) is 0. The van der Waals surface area contributed by atoms with Crippen LogP contribution in [0.5, 0.6) is 0 Å². The van der Waals surface area contributed by atoms with Gasteiger partial charge in [0.25, 0.3) is 5.56 Å². The van der Waals surface area contributed by atoms with Gasteiger partial charge in [-0.05, 0) is 43.6 Å². The molecular formula is C20H29N3O2S2. The normalized spacial score (nSPS) is 18.0. The van der Waals surface area contributed by atoms with Gasteiger partial charge in [0.2, 0.25) is 5.91 Å². The summed E-state index contributed by atoms with van der Waals surface area (Å²) in [5.74, 6) is 1.02. The molecule has 2 atom stereocenters. The number of carbonyl (C=O) groups excluding carboxylic acids is 1. The van der Waals surface area contributed by atoms with Gasteiger partial charge in [-0.2, -0.15) is 0 Å². The number of nitrogens with zero attached hydrogens (tertiary/aromatic N) is 3. The van der Waals surface area contributed by atoms with Gasteiger partial charge in [0.05, 0.1) is 10.6 Å². The predicted molar refractivity (Wildman–Crippen MR) is 114 cm³/mol. The van der Waals surface area contributed by atoms with E-state index < -0.39 is 0 Å². The maximum absolute atomic E-state index is 13.4. The molecule has 7 heteroatoms. The van der Waals surface area contributed by atoms with Crippen LogP contribution in [-0.4, -0.2) is 39.7 Å². The van der Waals surface area contributed by atoms with Crippen molar-refractivity contribution in [3.63, 3.8) is 0 Å². The van der Waals surface area contributed by atoms with E-state index >= 15 is 0 Å². The molecule has 0 bridgehead atoms. The van der Waals surface area contributed by atoms with E-state index in [1.807, 2.05) is 6.92 Å². The summed E-state index contributed by atoms with van der Waals surface area (Å²) in [6.45, 7) is 8.97. The zero-order valence-corrected chi connectivity index (χ0v) is 18.7. The average Bonchev–Trinajstić information content (AvgIpc) is 2.94. The quantitative estimate of drug-likeness (QED) is 0.559. The van der Waals surface area contributed by atoms with Crippen molar-refractivity contribution in [1.82, 2.24) is 14.5 Å². The highest BCUT2D eigenvalue weighted by atomic mass is 32.2. The van der Waals surface area contributed by atoms with E-state index in [1.165, 1.54) is 22.2 Å². The van der Waals surface area contributed by atoms with Gasteiger partial charge in [0.1, 0.15) is 4.83 Å². The standard InChI is InChI=1S/C20H29N3O2S2/c1-11(2)10-23-19(25)16-14-8-7-12(3)9-15(14)27-17(16)21-20(23)26-13(4)18(24)22(5)6/h11-13H,7-10H2,1-6H3. The first-order valence-corrected chi connectivity index (χ1v) is 11.3. The second-order valence-corrected chi connectivity index (χ2v) is 10.6. The van der Waals surface area contributed by atoms with Crippen LogP contribution in [0.25, 0.3) is 10.2 Å². The highest BCUT2D eigenvalue weighted by Crippen LogP contribution is 2.37. The fourth-order valence-corrected chi connectivity index (χ4v) is 6.08. The van der Waals surface area contributed by atoms with Crippen LogP contribution < -0.4 is 5.56 Å².